The Labute approximate surface area is 99.4 Å². The van der Waals surface area contributed by atoms with E-state index in [1.54, 1.807) is 22.7 Å². The summed E-state index contributed by atoms with van der Waals surface area (Å²) in [6.07, 6.45) is -0.526. The summed E-state index contributed by atoms with van der Waals surface area (Å²) in [5.41, 5.74) is 1.35. The van der Waals surface area contributed by atoms with Crippen molar-refractivity contribution in [3.8, 4) is 6.07 Å². The van der Waals surface area contributed by atoms with Crippen molar-refractivity contribution in [2.24, 2.45) is 7.05 Å². The van der Waals surface area contributed by atoms with Crippen molar-refractivity contribution < 1.29 is 9.53 Å². The van der Waals surface area contributed by atoms with Gasteiger partial charge < -0.3 is 9.64 Å². The summed E-state index contributed by atoms with van der Waals surface area (Å²) >= 11 is 0. The van der Waals surface area contributed by atoms with Crippen molar-refractivity contribution >= 4 is 5.91 Å². The fourth-order valence-corrected chi connectivity index (χ4v) is 1.88. The summed E-state index contributed by atoms with van der Waals surface area (Å²) in [5.74, 6) is -0.100. The molecular weight excluding hydrogens is 220 g/mol. The third-order valence-electron chi connectivity index (χ3n) is 2.72. The molecule has 1 fully saturated rings. The monoisotopic (exact) mass is 234 g/mol. The predicted molar refractivity (Wildman–Crippen MR) is 59.2 cm³/mol. The lowest BCUT2D eigenvalue weighted by Gasteiger charge is -2.29. The fourth-order valence-electron chi connectivity index (χ4n) is 1.88. The molecule has 1 aromatic heterocycles. The summed E-state index contributed by atoms with van der Waals surface area (Å²) in [5, 5.41) is 12.9. The summed E-state index contributed by atoms with van der Waals surface area (Å²) in [6.45, 7) is 3.08. The number of rotatable bonds is 1. The molecule has 2 rings (SSSR count). The molecule has 1 aliphatic rings. The van der Waals surface area contributed by atoms with Crippen LogP contribution in [0.25, 0.3) is 0 Å². The molecule has 1 aliphatic heterocycles. The molecule has 0 aromatic carbocycles. The van der Waals surface area contributed by atoms with Crippen molar-refractivity contribution in [1.29, 1.82) is 5.26 Å². The van der Waals surface area contributed by atoms with Gasteiger partial charge in [-0.2, -0.15) is 10.4 Å². The smallest absolute Gasteiger partial charge is 0.272 e. The molecule has 1 atom stereocenters. The van der Waals surface area contributed by atoms with Gasteiger partial charge in [-0.1, -0.05) is 0 Å². The van der Waals surface area contributed by atoms with Crippen molar-refractivity contribution in [2.45, 2.75) is 13.0 Å². The Morgan fingerprint density at radius 1 is 1.71 bits per heavy atom. The molecule has 0 N–H and O–H groups in total. The standard InChI is InChI=1S/C11H14N4O2/c1-8-5-10(14(2)13-8)11(16)15-3-4-17-9(6-12)7-15/h5,9H,3-4,7H2,1-2H3. The quantitative estimate of drug-likeness (QED) is 0.690. The minimum Gasteiger partial charge on any atom is -0.360 e. The molecule has 6 nitrogen and oxygen atoms in total. The number of carbonyl (C=O) groups excluding carboxylic acids is 1. The van der Waals surface area contributed by atoms with Gasteiger partial charge in [-0.25, -0.2) is 0 Å². The molecule has 0 spiro atoms. The summed E-state index contributed by atoms with van der Waals surface area (Å²) in [7, 11) is 1.74. The van der Waals surface area contributed by atoms with Gasteiger partial charge in [0.1, 0.15) is 5.69 Å². The van der Waals surface area contributed by atoms with Crippen LogP contribution in [-0.2, 0) is 11.8 Å². The van der Waals surface area contributed by atoms with Crippen molar-refractivity contribution in [2.75, 3.05) is 19.7 Å². The van der Waals surface area contributed by atoms with Gasteiger partial charge in [0.05, 0.1) is 24.9 Å². The molecule has 2 heterocycles. The molecule has 6 heteroatoms. The van der Waals surface area contributed by atoms with E-state index in [2.05, 4.69) is 5.10 Å². The Kier molecular flexibility index (Phi) is 3.11. The molecule has 0 aliphatic carbocycles. The van der Waals surface area contributed by atoms with Gasteiger partial charge in [0.25, 0.3) is 5.91 Å². The van der Waals surface area contributed by atoms with Crippen LogP contribution in [0.4, 0.5) is 0 Å². The Bertz CT molecular complexity index is 474. The molecule has 1 unspecified atom stereocenters. The van der Waals surface area contributed by atoms with Crippen LogP contribution in [0.15, 0.2) is 6.07 Å². The Morgan fingerprint density at radius 2 is 2.47 bits per heavy atom. The van der Waals surface area contributed by atoms with Crippen LogP contribution < -0.4 is 0 Å². The maximum atomic E-state index is 12.2. The number of ether oxygens (including phenoxy) is 1. The van der Waals surface area contributed by atoms with Crippen LogP contribution in [0.2, 0.25) is 0 Å². The highest BCUT2D eigenvalue weighted by Crippen LogP contribution is 2.11. The second kappa shape index (κ2) is 4.55. The van der Waals surface area contributed by atoms with Crippen LogP contribution in [0.5, 0.6) is 0 Å². The Balaban J connectivity index is 2.15. The zero-order valence-corrected chi connectivity index (χ0v) is 9.88. The Hall–Kier alpha value is -1.87. The van der Waals surface area contributed by atoms with Crippen molar-refractivity contribution in [1.82, 2.24) is 14.7 Å². The van der Waals surface area contributed by atoms with Crippen LogP contribution in [0.1, 0.15) is 16.2 Å². The van der Waals surface area contributed by atoms with E-state index in [4.69, 9.17) is 10.00 Å². The molecule has 1 aromatic rings. The number of aromatic nitrogens is 2. The maximum Gasteiger partial charge on any atom is 0.272 e. The first-order valence-electron chi connectivity index (χ1n) is 5.43. The van der Waals surface area contributed by atoms with E-state index >= 15 is 0 Å². The first kappa shape index (κ1) is 11.6. The highest BCUT2D eigenvalue weighted by Gasteiger charge is 2.26. The number of morpholine rings is 1. The first-order chi connectivity index (χ1) is 8.11. The summed E-state index contributed by atoms with van der Waals surface area (Å²) in [6, 6.07) is 3.77. The molecule has 17 heavy (non-hydrogen) atoms. The highest BCUT2D eigenvalue weighted by atomic mass is 16.5. The van der Waals surface area contributed by atoms with E-state index in [1.165, 1.54) is 0 Å². The number of nitrogens with zero attached hydrogens (tertiary/aromatic N) is 4. The minimum absolute atomic E-state index is 0.100. The molecule has 1 saturated heterocycles. The number of carbonyl (C=O) groups is 1. The van der Waals surface area contributed by atoms with Gasteiger partial charge in [0.15, 0.2) is 6.10 Å². The van der Waals surface area contributed by atoms with Crippen LogP contribution >= 0.6 is 0 Å². The van der Waals surface area contributed by atoms with E-state index in [9.17, 15) is 4.79 Å². The van der Waals surface area contributed by atoms with Gasteiger partial charge in [0, 0.05) is 13.6 Å². The number of aryl methyl sites for hydroxylation is 2. The molecule has 0 radical (unpaired) electrons. The number of amides is 1. The van der Waals surface area contributed by atoms with Gasteiger partial charge >= 0.3 is 0 Å². The van der Waals surface area contributed by atoms with Gasteiger partial charge in [-0.05, 0) is 13.0 Å². The normalized spacial score (nSPS) is 20.1. The van der Waals surface area contributed by atoms with E-state index in [0.717, 1.165) is 5.69 Å². The second-order valence-electron chi connectivity index (χ2n) is 4.03. The molecule has 1 amide bonds. The highest BCUT2D eigenvalue weighted by molar-refractivity contribution is 5.92. The second-order valence-corrected chi connectivity index (χ2v) is 4.03. The lowest BCUT2D eigenvalue weighted by molar-refractivity contribution is 0.00297. The van der Waals surface area contributed by atoms with Crippen LogP contribution in [0, 0.1) is 18.3 Å². The fraction of sp³-hybridized carbons (Fsp3) is 0.545. The lowest BCUT2D eigenvalue weighted by atomic mass is 10.2. The average molecular weight is 234 g/mol. The third-order valence-corrected chi connectivity index (χ3v) is 2.72. The summed E-state index contributed by atoms with van der Waals surface area (Å²) in [4.78, 5) is 13.8. The Morgan fingerprint density at radius 3 is 3.06 bits per heavy atom. The van der Waals surface area contributed by atoms with Crippen molar-refractivity contribution in [3.05, 3.63) is 17.5 Å². The average Bonchev–Trinajstić information content (AvgIpc) is 2.67. The minimum atomic E-state index is -0.526. The largest absolute Gasteiger partial charge is 0.360 e. The topological polar surface area (TPSA) is 71.2 Å². The molecule has 0 bridgehead atoms. The summed E-state index contributed by atoms with van der Waals surface area (Å²) < 4.78 is 6.77. The zero-order chi connectivity index (χ0) is 12.4. The maximum absolute atomic E-state index is 12.2. The molecule has 0 saturated carbocycles. The van der Waals surface area contributed by atoms with Crippen LogP contribution in [0.3, 0.4) is 0 Å². The zero-order valence-electron chi connectivity index (χ0n) is 9.88. The van der Waals surface area contributed by atoms with Gasteiger partial charge in [-0.15, -0.1) is 0 Å². The van der Waals surface area contributed by atoms with E-state index < -0.39 is 6.10 Å². The van der Waals surface area contributed by atoms with E-state index in [1.807, 2.05) is 13.0 Å². The first-order valence-corrected chi connectivity index (χ1v) is 5.43. The number of hydrogen-bond acceptors (Lipinski definition) is 4. The van der Waals surface area contributed by atoms with Crippen LogP contribution in [-0.4, -0.2) is 46.4 Å². The number of hydrogen-bond donors (Lipinski definition) is 0. The van der Waals surface area contributed by atoms with Gasteiger partial charge in [0.2, 0.25) is 0 Å². The SMILES string of the molecule is Cc1cc(C(=O)N2CCOC(C#N)C2)n(C)n1. The van der Waals surface area contributed by atoms with E-state index in [0.29, 0.717) is 25.4 Å². The third kappa shape index (κ3) is 2.29. The molecule has 90 valence electrons. The lowest BCUT2D eigenvalue weighted by Crippen LogP contribution is -2.45. The van der Waals surface area contributed by atoms with E-state index in [-0.39, 0.29) is 5.91 Å². The molecular formula is C11H14N4O2. The van der Waals surface area contributed by atoms with Gasteiger partial charge in [-0.3, -0.25) is 9.48 Å². The van der Waals surface area contributed by atoms with Crippen molar-refractivity contribution in [3.63, 3.8) is 0 Å². The number of nitriles is 1. The predicted octanol–water partition coefficient (Wildman–Crippen LogP) is 0.0931.